The first-order valence-electron chi connectivity index (χ1n) is 7.13. The van der Waals surface area contributed by atoms with Gasteiger partial charge in [-0.1, -0.05) is 31.0 Å². The fourth-order valence-electron chi connectivity index (χ4n) is 2.06. The molecule has 0 heterocycles. The molecule has 0 aromatic heterocycles. The average molecular weight is 309 g/mol. The Morgan fingerprint density at radius 3 is 2.67 bits per heavy atom. The smallest absolute Gasteiger partial charge is 0.305 e. The summed E-state index contributed by atoms with van der Waals surface area (Å²) >= 11 is 1.49. The van der Waals surface area contributed by atoms with E-state index in [2.05, 4.69) is 11.4 Å². The van der Waals surface area contributed by atoms with Crippen molar-refractivity contribution in [1.29, 1.82) is 0 Å². The van der Waals surface area contributed by atoms with Gasteiger partial charge in [0.2, 0.25) is 5.91 Å². The van der Waals surface area contributed by atoms with Crippen LogP contribution in [0.1, 0.15) is 37.3 Å². The van der Waals surface area contributed by atoms with Crippen molar-refractivity contribution in [1.82, 2.24) is 5.32 Å². The summed E-state index contributed by atoms with van der Waals surface area (Å²) < 4.78 is 0. The molecule has 1 atom stereocenters. The number of nitrogens with one attached hydrogen (secondary N) is 1. The van der Waals surface area contributed by atoms with Crippen LogP contribution in [0.3, 0.4) is 0 Å². The Kier molecular flexibility index (Phi) is 7.29. The molecule has 1 amide bonds. The molecular weight excluding hydrogens is 286 g/mol. The van der Waals surface area contributed by atoms with Crippen molar-refractivity contribution in [2.24, 2.45) is 0 Å². The SMILES string of the molecule is CCCC(CC(=O)O)NC(=O)CSc1cc(C)ccc1C. The number of amides is 1. The second-order valence-corrected chi connectivity index (χ2v) is 6.23. The highest BCUT2D eigenvalue weighted by molar-refractivity contribution is 8.00. The molecule has 116 valence electrons. The van der Waals surface area contributed by atoms with Crippen LogP contribution in [0.5, 0.6) is 0 Å². The number of hydrogen-bond acceptors (Lipinski definition) is 3. The van der Waals surface area contributed by atoms with E-state index in [9.17, 15) is 9.59 Å². The fraction of sp³-hybridized carbons (Fsp3) is 0.500. The number of aliphatic carboxylic acids is 1. The summed E-state index contributed by atoms with van der Waals surface area (Å²) in [5, 5.41) is 11.7. The normalized spacial score (nSPS) is 12.0. The Morgan fingerprint density at radius 2 is 2.05 bits per heavy atom. The van der Waals surface area contributed by atoms with Gasteiger partial charge in [0.25, 0.3) is 0 Å². The maximum atomic E-state index is 12.0. The van der Waals surface area contributed by atoms with Crippen molar-refractivity contribution in [3.63, 3.8) is 0 Å². The molecule has 1 aromatic carbocycles. The molecule has 1 unspecified atom stereocenters. The van der Waals surface area contributed by atoms with E-state index in [-0.39, 0.29) is 18.4 Å². The zero-order valence-electron chi connectivity index (χ0n) is 12.8. The van der Waals surface area contributed by atoms with Crippen LogP contribution >= 0.6 is 11.8 Å². The lowest BCUT2D eigenvalue weighted by atomic mass is 10.1. The Morgan fingerprint density at radius 1 is 1.33 bits per heavy atom. The van der Waals surface area contributed by atoms with Crippen molar-refractivity contribution in [3.05, 3.63) is 29.3 Å². The Labute approximate surface area is 130 Å². The molecule has 0 saturated carbocycles. The Balaban J connectivity index is 2.52. The van der Waals surface area contributed by atoms with Gasteiger partial charge in [-0.3, -0.25) is 9.59 Å². The minimum atomic E-state index is -0.879. The van der Waals surface area contributed by atoms with Gasteiger partial charge in [-0.05, 0) is 31.9 Å². The topological polar surface area (TPSA) is 66.4 Å². The van der Waals surface area contributed by atoms with Gasteiger partial charge >= 0.3 is 5.97 Å². The number of carbonyl (C=O) groups is 2. The van der Waals surface area contributed by atoms with Crippen LogP contribution in [0.2, 0.25) is 0 Å². The molecule has 0 aliphatic rings. The van der Waals surface area contributed by atoms with Crippen molar-refractivity contribution in [2.45, 2.75) is 51.0 Å². The van der Waals surface area contributed by atoms with E-state index in [4.69, 9.17) is 5.11 Å². The van der Waals surface area contributed by atoms with Gasteiger partial charge in [-0.2, -0.15) is 0 Å². The number of carbonyl (C=O) groups excluding carboxylic acids is 1. The zero-order valence-corrected chi connectivity index (χ0v) is 13.6. The molecule has 0 aliphatic carbocycles. The lowest BCUT2D eigenvalue weighted by Gasteiger charge is -2.16. The van der Waals surface area contributed by atoms with E-state index in [0.717, 1.165) is 16.9 Å². The molecule has 0 saturated heterocycles. The molecule has 1 aromatic rings. The van der Waals surface area contributed by atoms with Gasteiger partial charge in [-0.25, -0.2) is 0 Å². The number of hydrogen-bond donors (Lipinski definition) is 2. The van der Waals surface area contributed by atoms with Gasteiger partial charge in [0.15, 0.2) is 0 Å². The van der Waals surface area contributed by atoms with Crippen LogP contribution in [-0.4, -0.2) is 28.8 Å². The van der Waals surface area contributed by atoms with E-state index in [1.807, 2.05) is 32.9 Å². The molecule has 0 aliphatic heterocycles. The van der Waals surface area contributed by atoms with Crippen LogP contribution < -0.4 is 5.32 Å². The summed E-state index contributed by atoms with van der Waals surface area (Å²) in [7, 11) is 0. The summed E-state index contributed by atoms with van der Waals surface area (Å²) in [6, 6.07) is 5.87. The molecule has 2 N–H and O–H groups in total. The lowest BCUT2D eigenvalue weighted by molar-refractivity contribution is -0.137. The van der Waals surface area contributed by atoms with Crippen LogP contribution in [0.4, 0.5) is 0 Å². The molecule has 1 rings (SSSR count). The highest BCUT2D eigenvalue weighted by Gasteiger charge is 2.15. The fourth-order valence-corrected chi connectivity index (χ4v) is 2.99. The van der Waals surface area contributed by atoms with Crippen molar-refractivity contribution >= 4 is 23.6 Å². The molecular formula is C16H23NO3S. The molecule has 4 nitrogen and oxygen atoms in total. The van der Waals surface area contributed by atoms with E-state index in [1.165, 1.54) is 17.3 Å². The Bertz CT molecular complexity index is 502. The predicted molar refractivity (Wildman–Crippen MR) is 85.7 cm³/mol. The number of benzene rings is 1. The molecule has 0 spiro atoms. The summed E-state index contributed by atoms with van der Waals surface area (Å²) in [6.45, 7) is 6.02. The van der Waals surface area contributed by atoms with Crippen molar-refractivity contribution < 1.29 is 14.7 Å². The third-order valence-electron chi connectivity index (χ3n) is 3.13. The summed E-state index contributed by atoms with van der Waals surface area (Å²) in [4.78, 5) is 23.8. The number of carboxylic acids is 1. The van der Waals surface area contributed by atoms with E-state index >= 15 is 0 Å². The minimum Gasteiger partial charge on any atom is -0.481 e. The summed E-state index contributed by atoms with van der Waals surface area (Å²) in [5.74, 6) is -0.680. The number of aryl methyl sites for hydroxylation is 2. The third-order valence-corrected chi connectivity index (χ3v) is 4.28. The van der Waals surface area contributed by atoms with Gasteiger partial charge < -0.3 is 10.4 Å². The first-order valence-corrected chi connectivity index (χ1v) is 8.12. The molecule has 21 heavy (non-hydrogen) atoms. The maximum absolute atomic E-state index is 12.0. The summed E-state index contributed by atoms with van der Waals surface area (Å²) in [5.41, 5.74) is 2.31. The van der Waals surface area contributed by atoms with Gasteiger partial charge in [0.05, 0.1) is 12.2 Å². The average Bonchev–Trinajstić information content (AvgIpc) is 2.39. The number of rotatable bonds is 8. The standard InChI is InChI=1S/C16H23NO3S/c1-4-5-13(9-16(19)20)17-15(18)10-21-14-8-11(2)6-7-12(14)3/h6-8,13H,4-5,9-10H2,1-3H3,(H,17,18)(H,19,20). The van der Waals surface area contributed by atoms with Crippen LogP contribution in [0.25, 0.3) is 0 Å². The lowest BCUT2D eigenvalue weighted by Crippen LogP contribution is -2.37. The Hall–Kier alpha value is -1.49. The van der Waals surface area contributed by atoms with E-state index in [1.54, 1.807) is 0 Å². The second kappa shape index (κ2) is 8.72. The molecule has 0 fully saturated rings. The number of carboxylic acid groups (broad SMARTS) is 1. The van der Waals surface area contributed by atoms with Gasteiger partial charge in [0.1, 0.15) is 0 Å². The van der Waals surface area contributed by atoms with E-state index < -0.39 is 5.97 Å². The summed E-state index contributed by atoms with van der Waals surface area (Å²) in [6.07, 6.45) is 1.52. The maximum Gasteiger partial charge on any atom is 0.305 e. The van der Waals surface area contributed by atoms with Crippen molar-refractivity contribution in [2.75, 3.05) is 5.75 Å². The highest BCUT2D eigenvalue weighted by Crippen LogP contribution is 2.23. The predicted octanol–water partition coefficient (Wildman–Crippen LogP) is 3.16. The number of thioether (sulfide) groups is 1. The minimum absolute atomic E-state index is 0.0201. The quantitative estimate of drug-likeness (QED) is 0.724. The van der Waals surface area contributed by atoms with Crippen LogP contribution in [0.15, 0.2) is 23.1 Å². The third kappa shape index (κ3) is 6.67. The zero-order chi connectivity index (χ0) is 15.8. The first-order chi connectivity index (χ1) is 9.92. The van der Waals surface area contributed by atoms with Gasteiger partial charge in [0, 0.05) is 10.9 Å². The molecule has 0 bridgehead atoms. The first kappa shape index (κ1) is 17.6. The van der Waals surface area contributed by atoms with Crippen molar-refractivity contribution in [3.8, 4) is 0 Å². The molecule has 5 heteroatoms. The monoisotopic (exact) mass is 309 g/mol. The highest BCUT2D eigenvalue weighted by atomic mass is 32.2. The second-order valence-electron chi connectivity index (χ2n) is 5.21. The van der Waals surface area contributed by atoms with Crippen LogP contribution in [0, 0.1) is 13.8 Å². The largest absolute Gasteiger partial charge is 0.481 e. The van der Waals surface area contributed by atoms with Gasteiger partial charge in [-0.15, -0.1) is 11.8 Å². The molecule has 0 radical (unpaired) electrons. The van der Waals surface area contributed by atoms with Crippen LogP contribution in [-0.2, 0) is 9.59 Å². The van der Waals surface area contributed by atoms with E-state index in [0.29, 0.717) is 12.2 Å².